The highest BCUT2D eigenvalue weighted by atomic mass is 32.1. The Morgan fingerprint density at radius 3 is 2.73 bits per heavy atom. The summed E-state index contributed by atoms with van der Waals surface area (Å²) in [4.78, 5) is 28.6. The third kappa shape index (κ3) is 3.75. The molecule has 0 saturated carbocycles. The largest absolute Gasteiger partial charge is 0.454 e. The van der Waals surface area contributed by atoms with Gasteiger partial charge < -0.3 is 9.30 Å². The molecule has 2 aromatic heterocycles. The van der Waals surface area contributed by atoms with Crippen LogP contribution in [-0.4, -0.2) is 27.9 Å². The summed E-state index contributed by atoms with van der Waals surface area (Å²) in [5.41, 5.74) is 3.42. The third-order valence-corrected chi connectivity index (χ3v) is 5.21. The molecule has 2 heterocycles. The van der Waals surface area contributed by atoms with Gasteiger partial charge in [0.1, 0.15) is 5.01 Å². The van der Waals surface area contributed by atoms with Gasteiger partial charge in [0, 0.05) is 29.6 Å². The number of fused-ring (bicyclic) bond motifs is 1. The van der Waals surface area contributed by atoms with Gasteiger partial charge in [-0.3, -0.25) is 4.79 Å². The summed E-state index contributed by atoms with van der Waals surface area (Å²) in [6.45, 7) is 6.42. The van der Waals surface area contributed by atoms with Crippen molar-refractivity contribution in [3.8, 4) is 0 Å². The number of ketones is 1. The van der Waals surface area contributed by atoms with E-state index in [1.807, 2.05) is 51.1 Å². The maximum absolute atomic E-state index is 12.3. The SMILES string of the molecule is CCn1c(C)cc(C(=O)COC(=O)/C=C/c2nc3ccccc3s2)c1C. The number of hydrogen-bond acceptors (Lipinski definition) is 5. The van der Waals surface area contributed by atoms with Crippen molar-refractivity contribution in [2.75, 3.05) is 6.61 Å². The predicted octanol–water partition coefficient (Wildman–Crippen LogP) is 4.17. The van der Waals surface area contributed by atoms with Crippen molar-refractivity contribution in [2.24, 2.45) is 0 Å². The Kier molecular flexibility index (Phi) is 5.32. The Morgan fingerprint density at radius 2 is 2.04 bits per heavy atom. The van der Waals surface area contributed by atoms with Gasteiger partial charge in [0.05, 0.1) is 10.2 Å². The fraction of sp³-hybridized carbons (Fsp3) is 0.250. The average Bonchev–Trinajstić information content (AvgIpc) is 3.17. The van der Waals surface area contributed by atoms with Crippen LogP contribution >= 0.6 is 11.3 Å². The lowest BCUT2D eigenvalue weighted by Crippen LogP contribution is -2.13. The van der Waals surface area contributed by atoms with Crippen molar-refractivity contribution in [3.05, 3.63) is 58.4 Å². The fourth-order valence-electron chi connectivity index (χ4n) is 2.93. The number of para-hydroxylation sites is 1. The number of benzene rings is 1. The highest BCUT2D eigenvalue weighted by Gasteiger charge is 2.16. The van der Waals surface area contributed by atoms with Gasteiger partial charge in [0.25, 0.3) is 0 Å². The van der Waals surface area contributed by atoms with Gasteiger partial charge in [-0.25, -0.2) is 9.78 Å². The van der Waals surface area contributed by atoms with Crippen LogP contribution in [0.4, 0.5) is 0 Å². The zero-order valence-corrected chi connectivity index (χ0v) is 15.8. The molecule has 0 amide bonds. The van der Waals surface area contributed by atoms with E-state index in [2.05, 4.69) is 9.55 Å². The maximum atomic E-state index is 12.3. The first-order valence-electron chi connectivity index (χ1n) is 8.40. The van der Waals surface area contributed by atoms with E-state index in [0.29, 0.717) is 5.56 Å². The molecule has 3 aromatic rings. The molecule has 0 N–H and O–H groups in total. The summed E-state index contributed by atoms with van der Waals surface area (Å²) in [7, 11) is 0. The Morgan fingerprint density at radius 1 is 1.27 bits per heavy atom. The highest BCUT2D eigenvalue weighted by Crippen LogP contribution is 2.22. The van der Waals surface area contributed by atoms with Gasteiger partial charge in [0.2, 0.25) is 5.78 Å². The van der Waals surface area contributed by atoms with Crippen molar-refractivity contribution in [1.82, 2.24) is 9.55 Å². The molecule has 0 fully saturated rings. The van der Waals surface area contributed by atoms with Gasteiger partial charge in [-0.1, -0.05) is 12.1 Å². The monoisotopic (exact) mass is 368 g/mol. The molecule has 6 heteroatoms. The smallest absolute Gasteiger partial charge is 0.331 e. The van der Waals surface area contributed by atoms with Crippen LogP contribution in [0.25, 0.3) is 16.3 Å². The number of thiazole rings is 1. The fourth-order valence-corrected chi connectivity index (χ4v) is 3.80. The van der Waals surface area contributed by atoms with E-state index in [1.54, 1.807) is 6.08 Å². The van der Waals surface area contributed by atoms with E-state index in [9.17, 15) is 9.59 Å². The number of nitrogens with zero attached hydrogens (tertiary/aromatic N) is 2. The second-order valence-corrected chi connectivity index (χ2v) is 6.98. The molecule has 0 bridgehead atoms. The molecule has 0 spiro atoms. The number of carbonyl (C=O) groups is 2. The van der Waals surface area contributed by atoms with Gasteiger partial charge in [0.15, 0.2) is 6.61 Å². The molecule has 134 valence electrons. The normalized spacial score (nSPS) is 11.3. The zero-order valence-electron chi connectivity index (χ0n) is 15.0. The summed E-state index contributed by atoms with van der Waals surface area (Å²) >= 11 is 1.49. The lowest BCUT2D eigenvalue weighted by Gasteiger charge is -2.05. The molecule has 26 heavy (non-hydrogen) atoms. The lowest BCUT2D eigenvalue weighted by atomic mass is 10.1. The summed E-state index contributed by atoms with van der Waals surface area (Å²) in [6.07, 6.45) is 2.92. The second-order valence-electron chi connectivity index (χ2n) is 5.91. The molecule has 0 aliphatic heterocycles. The molecule has 0 saturated heterocycles. The van der Waals surface area contributed by atoms with Crippen LogP contribution in [0.5, 0.6) is 0 Å². The number of esters is 1. The van der Waals surface area contributed by atoms with E-state index >= 15 is 0 Å². The van der Waals surface area contributed by atoms with E-state index in [0.717, 1.165) is 33.2 Å². The Labute approximate surface area is 155 Å². The molecule has 3 rings (SSSR count). The molecular formula is C20H20N2O3S. The molecule has 5 nitrogen and oxygen atoms in total. The first-order valence-corrected chi connectivity index (χ1v) is 9.21. The van der Waals surface area contributed by atoms with Crippen LogP contribution < -0.4 is 0 Å². The number of ether oxygens (including phenoxy) is 1. The number of carbonyl (C=O) groups excluding carboxylic acids is 2. The van der Waals surface area contributed by atoms with Gasteiger partial charge in [-0.15, -0.1) is 11.3 Å². The predicted molar refractivity (Wildman–Crippen MR) is 104 cm³/mol. The van der Waals surface area contributed by atoms with Crippen LogP contribution in [0.3, 0.4) is 0 Å². The third-order valence-electron chi connectivity index (χ3n) is 4.21. The number of Topliss-reactive ketones (excluding diaryl/α,β-unsaturated/α-hetero) is 1. The number of rotatable bonds is 6. The molecule has 0 radical (unpaired) electrons. The summed E-state index contributed by atoms with van der Waals surface area (Å²) in [5, 5.41) is 0.723. The Bertz CT molecular complexity index is 965. The minimum absolute atomic E-state index is 0.195. The quantitative estimate of drug-likeness (QED) is 0.372. The Balaban J connectivity index is 1.60. The maximum Gasteiger partial charge on any atom is 0.331 e. The van der Waals surface area contributed by atoms with E-state index in [1.165, 1.54) is 17.4 Å². The van der Waals surface area contributed by atoms with Crippen molar-refractivity contribution in [2.45, 2.75) is 27.3 Å². The molecule has 0 atom stereocenters. The van der Waals surface area contributed by atoms with Crippen LogP contribution in [0.2, 0.25) is 0 Å². The van der Waals surface area contributed by atoms with Crippen molar-refractivity contribution in [3.63, 3.8) is 0 Å². The molecule has 0 aliphatic rings. The molecular weight excluding hydrogens is 348 g/mol. The van der Waals surface area contributed by atoms with E-state index < -0.39 is 5.97 Å². The van der Waals surface area contributed by atoms with Crippen LogP contribution in [0.1, 0.15) is 33.7 Å². The number of aryl methyl sites for hydroxylation is 1. The van der Waals surface area contributed by atoms with Crippen molar-refractivity contribution < 1.29 is 14.3 Å². The number of aromatic nitrogens is 2. The molecule has 1 aromatic carbocycles. The van der Waals surface area contributed by atoms with E-state index in [-0.39, 0.29) is 12.4 Å². The Hall–Kier alpha value is -2.73. The van der Waals surface area contributed by atoms with Gasteiger partial charge in [-0.2, -0.15) is 0 Å². The van der Waals surface area contributed by atoms with Crippen LogP contribution in [-0.2, 0) is 16.1 Å². The van der Waals surface area contributed by atoms with Crippen molar-refractivity contribution in [1.29, 1.82) is 0 Å². The second kappa shape index (κ2) is 7.66. The summed E-state index contributed by atoms with van der Waals surface area (Å²) < 4.78 is 8.20. The van der Waals surface area contributed by atoms with Crippen LogP contribution in [0.15, 0.2) is 36.4 Å². The minimum atomic E-state index is -0.554. The van der Waals surface area contributed by atoms with Gasteiger partial charge >= 0.3 is 5.97 Å². The lowest BCUT2D eigenvalue weighted by molar-refractivity contribution is -0.136. The highest BCUT2D eigenvalue weighted by molar-refractivity contribution is 7.19. The molecule has 0 unspecified atom stereocenters. The molecule has 0 aliphatic carbocycles. The van der Waals surface area contributed by atoms with E-state index in [4.69, 9.17) is 4.74 Å². The number of hydrogen-bond donors (Lipinski definition) is 0. The average molecular weight is 368 g/mol. The standard InChI is InChI=1S/C20H20N2O3S/c1-4-22-13(2)11-15(14(22)3)17(23)12-25-20(24)10-9-19-21-16-7-5-6-8-18(16)26-19/h5-11H,4,12H2,1-3H3/b10-9+. The van der Waals surface area contributed by atoms with Crippen LogP contribution in [0, 0.1) is 13.8 Å². The zero-order chi connectivity index (χ0) is 18.7. The first-order chi connectivity index (χ1) is 12.5. The van der Waals surface area contributed by atoms with Crippen molar-refractivity contribution >= 4 is 39.4 Å². The topological polar surface area (TPSA) is 61.2 Å². The first kappa shape index (κ1) is 18.1. The minimum Gasteiger partial charge on any atom is -0.454 e. The summed E-state index contributed by atoms with van der Waals surface area (Å²) in [6, 6.07) is 9.61. The summed E-state index contributed by atoms with van der Waals surface area (Å²) in [5.74, 6) is -0.749. The van der Waals surface area contributed by atoms with Gasteiger partial charge in [-0.05, 0) is 45.0 Å².